The van der Waals surface area contributed by atoms with Crippen molar-refractivity contribution in [3.05, 3.63) is 82.8 Å². The standard InChI is InChI=1S/C21H22N2O4S/c1-14-7-9-19(10-8-14)23-28(25,26)20-6-4-5-17(12-20)21(24)22-13-18-11-15(2)27-16(18)3/h4-12,23H,13H2,1-3H3,(H,22,24). The normalized spacial score (nSPS) is 11.2. The van der Waals surface area contributed by atoms with Crippen molar-refractivity contribution in [3.63, 3.8) is 0 Å². The molecule has 0 aliphatic heterocycles. The summed E-state index contributed by atoms with van der Waals surface area (Å²) in [5.41, 5.74) is 2.65. The first-order valence-corrected chi connectivity index (χ1v) is 10.3. The lowest BCUT2D eigenvalue weighted by molar-refractivity contribution is 0.0950. The number of anilines is 1. The van der Waals surface area contributed by atoms with Crippen LogP contribution in [0.25, 0.3) is 0 Å². The zero-order chi connectivity index (χ0) is 20.3. The molecule has 0 saturated carbocycles. The molecule has 2 aromatic carbocycles. The van der Waals surface area contributed by atoms with Crippen molar-refractivity contribution in [3.8, 4) is 0 Å². The van der Waals surface area contributed by atoms with Gasteiger partial charge in [0, 0.05) is 23.4 Å². The third kappa shape index (κ3) is 4.61. The van der Waals surface area contributed by atoms with E-state index in [9.17, 15) is 13.2 Å². The van der Waals surface area contributed by atoms with E-state index in [0.29, 0.717) is 12.2 Å². The molecule has 0 aliphatic rings. The highest BCUT2D eigenvalue weighted by Crippen LogP contribution is 2.18. The summed E-state index contributed by atoms with van der Waals surface area (Å²) < 4.78 is 33.2. The molecule has 6 nitrogen and oxygen atoms in total. The molecule has 146 valence electrons. The summed E-state index contributed by atoms with van der Waals surface area (Å²) in [5, 5.41) is 2.79. The second-order valence-corrected chi connectivity index (χ2v) is 8.30. The third-order valence-electron chi connectivity index (χ3n) is 4.29. The van der Waals surface area contributed by atoms with Gasteiger partial charge in [-0.25, -0.2) is 8.42 Å². The van der Waals surface area contributed by atoms with Gasteiger partial charge in [0.15, 0.2) is 0 Å². The van der Waals surface area contributed by atoms with Crippen LogP contribution >= 0.6 is 0 Å². The number of nitrogens with one attached hydrogen (secondary N) is 2. The van der Waals surface area contributed by atoms with E-state index in [1.54, 1.807) is 24.3 Å². The van der Waals surface area contributed by atoms with Crippen molar-refractivity contribution >= 4 is 21.6 Å². The summed E-state index contributed by atoms with van der Waals surface area (Å²) in [6.45, 7) is 5.90. The predicted octanol–water partition coefficient (Wildman–Crippen LogP) is 3.94. The fourth-order valence-electron chi connectivity index (χ4n) is 2.78. The quantitative estimate of drug-likeness (QED) is 0.658. The van der Waals surface area contributed by atoms with E-state index in [4.69, 9.17) is 4.42 Å². The van der Waals surface area contributed by atoms with Crippen molar-refractivity contribution in [1.29, 1.82) is 0 Å². The molecule has 3 aromatic rings. The van der Waals surface area contributed by atoms with Crippen molar-refractivity contribution in [1.82, 2.24) is 5.32 Å². The van der Waals surface area contributed by atoms with Gasteiger partial charge in [0.2, 0.25) is 0 Å². The van der Waals surface area contributed by atoms with Gasteiger partial charge in [-0.05, 0) is 57.2 Å². The summed E-state index contributed by atoms with van der Waals surface area (Å²) in [4.78, 5) is 12.5. The molecule has 0 saturated heterocycles. The minimum absolute atomic E-state index is 0.0241. The molecule has 0 unspecified atom stereocenters. The zero-order valence-corrected chi connectivity index (χ0v) is 16.8. The Hall–Kier alpha value is -3.06. The van der Waals surface area contributed by atoms with E-state index in [2.05, 4.69) is 10.0 Å². The SMILES string of the molecule is Cc1ccc(NS(=O)(=O)c2cccc(C(=O)NCc3cc(C)oc3C)c2)cc1. The Morgan fingerprint density at radius 1 is 1.00 bits per heavy atom. The third-order valence-corrected chi connectivity index (χ3v) is 5.67. The molecular weight excluding hydrogens is 376 g/mol. The summed E-state index contributed by atoms with van der Waals surface area (Å²) in [6.07, 6.45) is 0. The second kappa shape index (κ2) is 7.90. The van der Waals surface area contributed by atoms with Gasteiger partial charge in [-0.2, -0.15) is 0 Å². The van der Waals surface area contributed by atoms with E-state index in [1.807, 2.05) is 39.0 Å². The average molecular weight is 398 g/mol. The number of sulfonamides is 1. The van der Waals surface area contributed by atoms with Crippen LogP contribution in [0.5, 0.6) is 0 Å². The number of amides is 1. The molecule has 1 amide bonds. The fraction of sp³-hybridized carbons (Fsp3) is 0.190. The molecule has 2 N–H and O–H groups in total. The maximum atomic E-state index is 12.6. The fourth-order valence-corrected chi connectivity index (χ4v) is 3.88. The van der Waals surface area contributed by atoms with E-state index < -0.39 is 10.0 Å². The maximum absolute atomic E-state index is 12.6. The van der Waals surface area contributed by atoms with Crippen molar-refractivity contribution < 1.29 is 17.6 Å². The van der Waals surface area contributed by atoms with Gasteiger partial charge in [-0.15, -0.1) is 0 Å². The molecule has 0 fully saturated rings. The molecule has 0 atom stereocenters. The van der Waals surface area contributed by atoms with Crippen LogP contribution in [0.15, 0.2) is 63.9 Å². The molecule has 0 aliphatic carbocycles. The average Bonchev–Trinajstić information content (AvgIpc) is 2.99. The summed E-state index contributed by atoms with van der Waals surface area (Å²) >= 11 is 0. The summed E-state index contributed by atoms with van der Waals surface area (Å²) in [6, 6.07) is 14.8. The van der Waals surface area contributed by atoms with Crippen molar-refractivity contribution in [2.45, 2.75) is 32.2 Å². The van der Waals surface area contributed by atoms with Crippen LogP contribution in [-0.4, -0.2) is 14.3 Å². The lowest BCUT2D eigenvalue weighted by Crippen LogP contribution is -2.23. The highest BCUT2D eigenvalue weighted by atomic mass is 32.2. The highest BCUT2D eigenvalue weighted by Gasteiger charge is 2.17. The van der Waals surface area contributed by atoms with Crippen LogP contribution in [0.1, 0.15) is 33.0 Å². The number of benzene rings is 2. The van der Waals surface area contributed by atoms with E-state index in [1.165, 1.54) is 12.1 Å². The van der Waals surface area contributed by atoms with Crippen LogP contribution in [0.2, 0.25) is 0 Å². The van der Waals surface area contributed by atoms with Gasteiger partial charge in [-0.1, -0.05) is 23.8 Å². The number of hydrogen-bond donors (Lipinski definition) is 2. The van der Waals surface area contributed by atoms with Gasteiger partial charge < -0.3 is 9.73 Å². The number of hydrogen-bond acceptors (Lipinski definition) is 4. The van der Waals surface area contributed by atoms with Crippen molar-refractivity contribution in [2.75, 3.05) is 4.72 Å². The number of rotatable bonds is 6. The van der Waals surface area contributed by atoms with Crippen LogP contribution in [-0.2, 0) is 16.6 Å². The summed E-state index contributed by atoms with van der Waals surface area (Å²) in [7, 11) is -3.80. The molecule has 3 rings (SSSR count). The Bertz CT molecular complexity index is 1100. The molecular formula is C21H22N2O4S. The first kappa shape index (κ1) is 19.7. The first-order chi connectivity index (χ1) is 13.2. The number of carbonyl (C=O) groups excluding carboxylic acids is 1. The van der Waals surface area contributed by atoms with E-state index in [-0.39, 0.29) is 16.4 Å². The lowest BCUT2D eigenvalue weighted by Gasteiger charge is -2.10. The zero-order valence-electron chi connectivity index (χ0n) is 15.9. The van der Waals surface area contributed by atoms with E-state index in [0.717, 1.165) is 22.6 Å². The highest BCUT2D eigenvalue weighted by molar-refractivity contribution is 7.92. The topological polar surface area (TPSA) is 88.4 Å². The van der Waals surface area contributed by atoms with Crippen molar-refractivity contribution in [2.24, 2.45) is 0 Å². The lowest BCUT2D eigenvalue weighted by atomic mass is 10.2. The predicted molar refractivity (Wildman–Crippen MR) is 108 cm³/mol. The Kier molecular flexibility index (Phi) is 5.56. The van der Waals surface area contributed by atoms with Gasteiger partial charge in [-0.3, -0.25) is 9.52 Å². The van der Waals surface area contributed by atoms with Crippen LogP contribution in [0, 0.1) is 20.8 Å². The molecule has 1 heterocycles. The van der Waals surface area contributed by atoms with E-state index >= 15 is 0 Å². The number of carbonyl (C=O) groups is 1. The Morgan fingerprint density at radius 2 is 1.71 bits per heavy atom. The minimum Gasteiger partial charge on any atom is -0.466 e. The summed E-state index contributed by atoms with van der Waals surface area (Å²) in [5.74, 6) is 1.17. The molecule has 28 heavy (non-hydrogen) atoms. The Labute approximate surface area is 164 Å². The molecule has 0 bridgehead atoms. The van der Waals surface area contributed by atoms with Gasteiger partial charge >= 0.3 is 0 Å². The van der Waals surface area contributed by atoms with Gasteiger partial charge in [0.25, 0.3) is 15.9 Å². The van der Waals surface area contributed by atoms with Crippen LogP contribution in [0.3, 0.4) is 0 Å². The Balaban J connectivity index is 1.74. The second-order valence-electron chi connectivity index (χ2n) is 6.62. The van der Waals surface area contributed by atoms with Crippen LogP contribution in [0.4, 0.5) is 5.69 Å². The smallest absolute Gasteiger partial charge is 0.261 e. The largest absolute Gasteiger partial charge is 0.466 e. The number of aryl methyl sites for hydroxylation is 3. The number of furan rings is 1. The molecule has 0 radical (unpaired) electrons. The van der Waals surface area contributed by atoms with Crippen LogP contribution < -0.4 is 10.0 Å². The Morgan fingerprint density at radius 3 is 2.36 bits per heavy atom. The first-order valence-electron chi connectivity index (χ1n) is 8.78. The minimum atomic E-state index is -3.80. The van der Waals surface area contributed by atoms with Gasteiger partial charge in [0.05, 0.1) is 4.90 Å². The van der Waals surface area contributed by atoms with Gasteiger partial charge in [0.1, 0.15) is 11.5 Å². The monoisotopic (exact) mass is 398 g/mol. The molecule has 0 spiro atoms. The maximum Gasteiger partial charge on any atom is 0.261 e. The molecule has 7 heteroatoms. The molecule has 1 aromatic heterocycles.